The molecule has 0 aromatic carbocycles. The number of nitrogens with zero attached hydrogens (tertiary/aromatic N) is 1. The van der Waals surface area contributed by atoms with Crippen LogP contribution in [0.3, 0.4) is 0 Å². The van der Waals surface area contributed by atoms with E-state index in [1.54, 1.807) is 6.20 Å². The molecule has 0 unspecified atom stereocenters. The van der Waals surface area contributed by atoms with Crippen molar-refractivity contribution in [1.29, 1.82) is 0 Å². The van der Waals surface area contributed by atoms with E-state index in [2.05, 4.69) is 0 Å². The van der Waals surface area contributed by atoms with Crippen LogP contribution in [0, 0.1) is 0 Å². The van der Waals surface area contributed by atoms with E-state index in [0.29, 0.717) is 0 Å². The van der Waals surface area contributed by atoms with Crippen LogP contribution in [0.25, 0.3) is 0 Å². The molecule has 2 heteroatoms. The van der Waals surface area contributed by atoms with Crippen molar-refractivity contribution in [3.8, 4) is 0 Å². The van der Waals surface area contributed by atoms with Crippen molar-refractivity contribution in [3.63, 3.8) is 0 Å². The van der Waals surface area contributed by atoms with E-state index in [1.165, 1.54) is 25.7 Å². The molecule has 0 saturated carbocycles. The SMILES string of the molecule is CC/C1=C/CCCCCC/C=C/N1F. The molecule has 14 heavy (non-hydrogen) atoms. The molecule has 1 rings (SSSR count). The largest absolute Gasteiger partial charge is 0.192 e. The molecular formula is C12H20FN. The first kappa shape index (κ1) is 11.3. The molecule has 0 bridgehead atoms. The molecule has 0 atom stereocenters. The Morgan fingerprint density at radius 3 is 2.64 bits per heavy atom. The first-order valence-corrected chi connectivity index (χ1v) is 5.65. The van der Waals surface area contributed by atoms with Gasteiger partial charge in [-0.25, -0.2) is 0 Å². The molecule has 1 aliphatic rings. The predicted molar refractivity (Wildman–Crippen MR) is 58.2 cm³/mol. The van der Waals surface area contributed by atoms with E-state index in [-0.39, 0.29) is 0 Å². The van der Waals surface area contributed by atoms with Gasteiger partial charge in [0.05, 0.1) is 0 Å². The molecule has 80 valence electrons. The molecule has 0 radical (unpaired) electrons. The van der Waals surface area contributed by atoms with Gasteiger partial charge >= 0.3 is 0 Å². The van der Waals surface area contributed by atoms with Gasteiger partial charge in [0.15, 0.2) is 0 Å². The molecule has 0 aromatic heterocycles. The Bertz CT molecular complexity index is 208. The lowest BCUT2D eigenvalue weighted by Gasteiger charge is -2.11. The van der Waals surface area contributed by atoms with Gasteiger partial charge in [-0.2, -0.15) is 5.12 Å². The van der Waals surface area contributed by atoms with Crippen LogP contribution < -0.4 is 0 Å². The van der Waals surface area contributed by atoms with E-state index in [4.69, 9.17) is 0 Å². The average molecular weight is 197 g/mol. The van der Waals surface area contributed by atoms with Gasteiger partial charge in [0.2, 0.25) is 0 Å². The number of allylic oxidation sites excluding steroid dienone is 3. The highest BCUT2D eigenvalue weighted by atomic mass is 19.2. The molecule has 1 aliphatic heterocycles. The van der Waals surface area contributed by atoms with Gasteiger partial charge in [0.25, 0.3) is 0 Å². The summed E-state index contributed by atoms with van der Waals surface area (Å²) in [5, 5.41) is 0.769. The van der Waals surface area contributed by atoms with Crippen molar-refractivity contribution in [3.05, 3.63) is 24.0 Å². The fourth-order valence-corrected chi connectivity index (χ4v) is 1.67. The first-order chi connectivity index (χ1) is 6.84. The molecule has 0 N–H and O–H groups in total. The van der Waals surface area contributed by atoms with Gasteiger partial charge < -0.3 is 0 Å². The van der Waals surface area contributed by atoms with Crippen molar-refractivity contribution in [1.82, 2.24) is 5.12 Å². The van der Waals surface area contributed by atoms with Crippen LogP contribution in [-0.4, -0.2) is 5.12 Å². The molecule has 0 spiro atoms. The van der Waals surface area contributed by atoms with Gasteiger partial charge in [-0.05, 0) is 32.1 Å². The minimum absolute atomic E-state index is 0.765. The summed E-state index contributed by atoms with van der Waals surface area (Å²) in [6.07, 6.45) is 13.2. The van der Waals surface area contributed by atoms with Crippen LogP contribution in [0.5, 0.6) is 0 Å². The lowest BCUT2D eigenvalue weighted by molar-refractivity contribution is 0.132. The maximum absolute atomic E-state index is 13.4. The van der Waals surface area contributed by atoms with E-state index < -0.39 is 0 Å². The summed E-state index contributed by atoms with van der Waals surface area (Å²) < 4.78 is 13.4. The van der Waals surface area contributed by atoms with Gasteiger partial charge in [-0.3, -0.25) is 0 Å². The molecule has 0 aliphatic carbocycles. The summed E-state index contributed by atoms with van der Waals surface area (Å²) in [4.78, 5) is 0. The highest BCUT2D eigenvalue weighted by Gasteiger charge is 2.02. The van der Waals surface area contributed by atoms with Crippen LogP contribution in [0.2, 0.25) is 0 Å². The van der Waals surface area contributed by atoms with E-state index >= 15 is 0 Å². The molecule has 1 heterocycles. The molecule has 0 fully saturated rings. The zero-order valence-electron chi connectivity index (χ0n) is 9.01. The van der Waals surface area contributed by atoms with E-state index in [0.717, 1.165) is 30.1 Å². The second-order valence-electron chi connectivity index (χ2n) is 3.74. The smallest absolute Gasteiger partial charge is 0.0471 e. The van der Waals surface area contributed by atoms with Crippen LogP contribution in [0.1, 0.15) is 51.9 Å². The van der Waals surface area contributed by atoms with Crippen LogP contribution in [0.4, 0.5) is 4.48 Å². The fraction of sp³-hybridized carbons (Fsp3) is 0.667. The third-order valence-corrected chi connectivity index (χ3v) is 2.58. The zero-order chi connectivity index (χ0) is 10.2. The summed E-state index contributed by atoms with van der Waals surface area (Å²) in [5.74, 6) is 0. The van der Waals surface area contributed by atoms with Gasteiger partial charge in [-0.1, -0.05) is 36.4 Å². The van der Waals surface area contributed by atoms with Crippen molar-refractivity contribution < 1.29 is 4.48 Å². The Morgan fingerprint density at radius 1 is 1.21 bits per heavy atom. The summed E-state index contributed by atoms with van der Waals surface area (Å²) in [5.41, 5.74) is 0.795. The molecule has 0 amide bonds. The average Bonchev–Trinajstić information content (AvgIpc) is 2.24. The fourth-order valence-electron chi connectivity index (χ4n) is 1.67. The standard InChI is InChI=1S/C12H20FN/c1-2-12-10-8-6-4-3-5-7-9-11-14(12)13/h9-11H,2-8H2,1H3/b11-9+,12-10-. The minimum Gasteiger partial charge on any atom is -0.192 e. The number of hydrogen-bond donors (Lipinski definition) is 0. The third-order valence-electron chi connectivity index (χ3n) is 2.58. The lowest BCUT2D eigenvalue weighted by atomic mass is 10.1. The van der Waals surface area contributed by atoms with Crippen LogP contribution in [-0.2, 0) is 0 Å². The molecule has 0 saturated heterocycles. The normalized spacial score (nSPS) is 26.1. The van der Waals surface area contributed by atoms with Crippen molar-refractivity contribution in [2.45, 2.75) is 51.9 Å². The first-order valence-electron chi connectivity index (χ1n) is 5.65. The number of rotatable bonds is 1. The number of halogens is 1. The Morgan fingerprint density at radius 2 is 1.93 bits per heavy atom. The maximum Gasteiger partial charge on any atom is 0.0471 e. The third kappa shape index (κ3) is 3.95. The maximum atomic E-state index is 13.4. The predicted octanol–water partition coefficient (Wildman–Crippen LogP) is 4.33. The lowest BCUT2D eigenvalue weighted by Crippen LogP contribution is -2.03. The second-order valence-corrected chi connectivity index (χ2v) is 3.74. The Balaban J connectivity index is 2.57. The summed E-state index contributed by atoms with van der Waals surface area (Å²) >= 11 is 0. The molecule has 1 nitrogen and oxygen atoms in total. The Labute approximate surface area is 86.2 Å². The Kier molecular flexibility index (Phi) is 5.35. The monoisotopic (exact) mass is 197 g/mol. The highest BCUT2D eigenvalue weighted by Crippen LogP contribution is 2.15. The molecular weight excluding hydrogens is 177 g/mol. The molecule has 0 aromatic rings. The second kappa shape index (κ2) is 6.63. The van der Waals surface area contributed by atoms with E-state index in [9.17, 15) is 4.48 Å². The quantitative estimate of drug-likeness (QED) is 0.565. The topological polar surface area (TPSA) is 3.24 Å². The summed E-state index contributed by atoms with van der Waals surface area (Å²) in [7, 11) is 0. The Hall–Kier alpha value is -0.790. The zero-order valence-corrected chi connectivity index (χ0v) is 9.01. The highest BCUT2D eigenvalue weighted by molar-refractivity contribution is 5.02. The van der Waals surface area contributed by atoms with Crippen molar-refractivity contribution >= 4 is 0 Å². The van der Waals surface area contributed by atoms with Crippen molar-refractivity contribution in [2.24, 2.45) is 0 Å². The number of hydrogen-bond acceptors (Lipinski definition) is 1. The van der Waals surface area contributed by atoms with E-state index in [1.807, 2.05) is 19.1 Å². The summed E-state index contributed by atoms with van der Waals surface area (Å²) in [6.45, 7) is 1.99. The minimum atomic E-state index is 0.765. The summed E-state index contributed by atoms with van der Waals surface area (Å²) in [6, 6.07) is 0. The van der Waals surface area contributed by atoms with Crippen LogP contribution in [0.15, 0.2) is 24.0 Å². The van der Waals surface area contributed by atoms with Crippen LogP contribution >= 0.6 is 0 Å². The van der Waals surface area contributed by atoms with Gasteiger partial charge in [-0.15, -0.1) is 0 Å². The van der Waals surface area contributed by atoms with Gasteiger partial charge in [0, 0.05) is 11.9 Å². The van der Waals surface area contributed by atoms with Crippen molar-refractivity contribution in [2.75, 3.05) is 0 Å². The van der Waals surface area contributed by atoms with Gasteiger partial charge in [0.1, 0.15) is 0 Å².